The topological polar surface area (TPSA) is 32.1 Å². The van der Waals surface area contributed by atoms with Crippen molar-refractivity contribution in [1.29, 1.82) is 0 Å². The third-order valence-corrected chi connectivity index (χ3v) is 0.493. The molecule has 0 fully saturated rings. The van der Waals surface area contributed by atoms with Gasteiger partial charge in [0.1, 0.15) is 4.87 Å². The van der Waals surface area contributed by atoms with Crippen molar-refractivity contribution in [3.8, 4) is 0 Å². The first kappa shape index (κ1) is 7.40. The van der Waals surface area contributed by atoms with Crippen LogP contribution in [0.1, 0.15) is 20.8 Å². The van der Waals surface area contributed by atoms with E-state index in [1.54, 1.807) is 0 Å². The molecular weight excluding hydrogens is 104 g/mol. The molecule has 0 atom stereocenters. The molecule has 0 aromatic carbocycles. The van der Waals surface area contributed by atoms with Gasteiger partial charge in [0.25, 0.3) is 0 Å². The molecule has 0 bridgehead atoms. The van der Waals surface area contributed by atoms with Gasteiger partial charge in [0, 0.05) is 0 Å². The van der Waals surface area contributed by atoms with Crippen LogP contribution in [0.3, 0.4) is 0 Å². The zero-order valence-corrected chi connectivity index (χ0v) is 5.86. The van der Waals surface area contributed by atoms with E-state index in [4.69, 9.17) is 0 Å². The Hall–Kier alpha value is -0.600. The van der Waals surface area contributed by atoms with E-state index in [1.165, 1.54) is 7.05 Å². The summed E-state index contributed by atoms with van der Waals surface area (Å²) in [6.07, 6.45) is 0. The third-order valence-electron chi connectivity index (χ3n) is 0.493. The molecule has 0 radical (unpaired) electrons. The van der Waals surface area contributed by atoms with Gasteiger partial charge in [-0.2, -0.15) is 0 Å². The van der Waals surface area contributed by atoms with Crippen LogP contribution in [0, 0.1) is 4.91 Å². The van der Waals surface area contributed by atoms with Crippen LogP contribution in [0.4, 0.5) is 0 Å². The minimum absolute atomic E-state index is 0.115. The second-order valence-corrected chi connectivity index (χ2v) is 2.86. The van der Waals surface area contributed by atoms with Crippen LogP contribution in [-0.2, 0) is 0 Å². The van der Waals surface area contributed by atoms with Crippen LogP contribution in [0.25, 0.3) is 0 Å². The summed E-state index contributed by atoms with van der Waals surface area (Å²) >= 11 is 0. The highest BCUT2D eigenvalue weighted by atomic mass is 16.3. The van der Waals surface area contributed by atoms with Gasteiger partial charge in [-0.25, -0.2) is 0 Å². The highest BCUT2D eigenvalue weighted by molar-refractivity contribution is 4.62. The predicted octanol–water partition coefficient (Wildman–Crippen LogP) is 0.698. The van der Waals surface area contributed by atoms with Gasteiger partial charge in [-0.15, -0.1) is 5.43 Å². The molecular formula is C5H13N2O+. The maximum atomic E-state index is 10.3. The molecule has 1 N–H and O–H groups in total. The molecule has 48 valence electrons. The van der Waals surface area contributed by atoms with Gasteiger partial charge < -0.3 is 0 Å². The number of hydrogen-bond donors (Lipinski definition) is 1. The molecule has 0 aliphatic heterocycles. The summed E-state index contributed by atoms with van der Waals surface area (Å²) in [6, 6.07) is 0. The Kier molecular flexibility index (Phi) is 1.95. The molecule has 0 rings (SSSR count). The van der Waals surface area contributed by atoms with E-state index in [1.807, 2.05) is 20.8 Å². The lowest BCUT2D eigenvalue weighted by molar-refractivity contribution is -0.592. The number of hydrogen-bond acceptors (Lipinski definition) is 1. The summed E-state index contributed by atoms with van der Waals surface area (Å²) < 4.78 is 0. The van der Waals surface area contributed by atoms with Crippen molar-refractivity contribution in [1.82, 2.24) is 5.43 Å². The first-order valence-electron chi connectivity index (χ1n) is 2.60. The molecule has 8 heavy (non-hydrogen) atoms. The first-order valence-corrected chi connectivity index (χ1v) is 2.60. The Labute approximate surface area is 49.6 Å². The summed E-state index contributed by atoms with van der Waals surface area (Å²) in [7, 11) is 1.44. The molecule has 0 unspecified atom stereocenters. The molecule has 0 aliphatic carbocycles. The number of rotatable bonds is 1. The van der Waals surface area contributed by atoms with Crippen LogP contribution in [0.5, 0.6) is 0 Å². The van der Waals surface area contributed by atoms with Crippen molar-refractivity contribution in [2.45, 2.75) is 26.3 Å². The van der Waals surface area contributed by atoms with Crippen molar-refractivity contribution in [3.63, 3.8) is 0 Å². The van der Waals surface area contributed by atoms with Gasteiger partial charge >= 0.3 is 0 Å². The smallest absolute Gasteiger partial charge is 0.148 e. The molecule has 0 aliphatic rings. The highest BCUT2D eigenvalue weighted by Crippen LogP contribution is 1.95. The Morgan fingerprint density at radius 1 is 1.38 bits per heavy atom. The van der Waals surface area contributed by atoms with Crippen LogP contribution in [0.2, 0.25) is 0 Å². The SMILES string of the molecule is C[N+](=O)NC(C)(C)C. The number of nitroso groups, excluding NO2 is 1. The quantitative estimate of drug-likeness (QED) is 0.405. The van der Waals surface area contributed by atoms with Crippen molar-refractivity contribution < 1.29 is 4.87 Å². The Bertz CT molecular complexity index is 93.1. The van der Waals surface area contributed by atoms with E-state index >= 15 is 0 Å². The molecule has 0 heterocycles. The average Bonchev–Trinajstić information content (AvgIpc) is 1.21. The van der Waals surface area contributed by atoms with Crippen LogP contribution < -0.4 is 5.43 Å². The van der Waals surface area contributed by atoms with Gasteiger partial charge in [-0.1, -0.05) is 0 Å². The lowest BCUT2D eigenvalue weighted by Crippen LogP contribution is -2.40. The summed E-state index contributed by atoms with van der Waals surface area (Å²) in [6.45, 7) is 5.80. The van der Waals surface area contributed by atoms with Crippen molar-refractivity contribution in [2.75, 3.05) is 7.05 Å². The van der Waals surface area contributed by atoms with Crippen LogP contribution >= 0.6 is 0 Å². The summed E-state index contributed by atoms with van der Waals surface area (Å²) in [5, 5.41) is 0. The second-order valence-electron chi connectivity index (χ2n) is 2.86. The van der Waals surface area contributed by atoms with E-state index in [9.17, 15) is 4.91 Å². The number of nitrogens with one attached hydrogen (secondary N) is 1. The molecule has 3 nitrogen and oxygen atoms in total. The van der Waals surface area contributed by atoms with Crippen molar-refractivity contribution in [3.05, 3.63) is 4.91 Å². The lowest BCUT2D eigenvalue weighted by Gasteiger charge is -2.11. The first-order chi connectivity index (χ1) is 3.42. The predicted molar refractivity (Wildman–Crippen MR) is 32.4 cm³/mol. The number of hydrazine groups is 1. The Morgan fingerprint density at radius 2 is 1.75 bits per heavy atom. The van der Waals surface area contributed by atoms with Crippen molar-refractivity contribution >= 4 is 0 Å². The highest BCUT2D eigenvalue weighted by Gasteiger charge is 2.14. The fraction of sp³-hybridized carbons (Fsp3) is 1.00. The summed E-state index contributed by atoms with van der Waals surface area (Å²) in [4.78, 5) is 11.0. The van der Waals surface area contributed by atoms with Crippen LogP contribution in [0.15, 0.2) is 0 Å². The fourth-order valence-electron chi connectivity index (χ4n) is 0.472. The van der Waals surface area contributed by atoms with Crippen LogP contribution in [-0.4, -0.2) is 17.5 Å². The molecule has 0 spiro atoms. The van der Waals surface area contributed by atoms with Gasteiger partial charge in [0.2, 0.25) is 7.05 Å². The molecule has 0 aromatic rings. The van der Waals surface area contributed by atoms with Gasteiger partial charge in [-0.3, -0.25) is 0 Å². The maximum absolute atomic E-state index is 10.3. The average molecular weight is 117 g/mol. The van der Waals surface area contributed by atoms with E-state index in [-0.39, 0.29) is 5.54 Å². The second kappa shape index (κ2) is 2.11. The largest absolute Gasteiger partial charge is 0.215 e. The van der Waals surface area contributed by atoms with Crippen molar-refractivity contribution in [2.24, 2.45) is 0 Å². The maximum Gasteiger partial charge on any atom is 0.215 e. The standard InChI is InChI=1S/C5H13N2O/c1-5(2,3)6-7(4)8/h1-4H3,(H,6,8)/q+1. The minimum Gasteiger partial charge on any atom is -0.148 e. The third kappa shape index (κ3) is 5.40. The van der Waals surface area contributed by atoms with E-state index in [0.29, 0.717) is 4.87 Å². The van der Waals surface area contributed by atoms with Gasteiger partial charge in [0.15, 0.2) is 0 Å². The van der Waals surface area contributed by atoms with E-state index in [2.05, 4.69) is 5.43 Å². The summed E-state index contributed by atoms with van der Waals surface area (Å²) in [5.41, 5.74) is 2.55. The zero-order valence-electron chi connectivity index (χ0n) is 5.86. The van der Waals surface area contributed by atoms with Gasteiger partial charge in [0.05, 0.1) is 10.4 Å². The zero-order chi connectivity index (χ0) is 6.78. The van der Waals surface area contributed by atoms with E-state index < -0.39 is 0 Å². The Morgan fingerprint density at radius 3 is 1.75 bits per heavy atom. The minimum atomic E-state index is -0.115. The lowest BCUT2D eigenvalue weighted by atomic mass is 10.1. The molecule has 0 aromatic heterocycles. The molecule has 0 saturated carbocycles. The Balaban J connectivity index is 3.55. The fourth-order valence-corrected chi connectivity index (χ4v) is 0.472. The van der Waals surface area contributed by atoms with Gasteiger partial charge in [-0.05, 0) is 20.8 Å². The molecule has 0 amide bonds. The molecule has 0 saturated heterocycles. The normalized spacial score (nSPS) is 11.0. The van der Waals surface area contributed by atoms with E-state index in [0.717, 1.165) is 0 Å². The summed E-state index contributed by atoms with van der Waals surface area (Å²) in [5.74, 6) is 0. The number of nitrogens with zero attached hydrogens (tertiary/aromatic N) is 1. The monoisotopic (exact) mass is 117 g/mol. The molecule has 3 heteroatoms.